The van der Waals surface area contributed by atoms with Gasteiger partial charge in [-0.3, -0.25) is 9.78 Å². The summed E-state index contributed by atoms with van der Waals surface area (Å²) in [5.41, 5.74) is 3.56. The smallest absolute Gasteiger partial charge is 0.251 e. The van der Waals surface area contributed by atoms with Crippen molar-refractivity contribution in [2.45, 2.75) is 38.6 Å². The lowest BCUT2D eigenvalue weighted by Crippen LogP contribution is -2.23. The Hall–Kier alpha value is -2.92. The van der Waals surface area contributed by atoms with Gasteiger partial charge >= 0.3 is 0 Å². The predicted molar refractivity (Wildman–Crippen MR) is 140 cm³/mol. The molecule has 2 aromatic carbocycles. The van der Waals surface area contributed by atoms with Gasteiger partial charge in [0, 0.05) is 17.3 Å². The molecule has 0 radical (unpaired) electrons. The van der Waals surface area contributed by atoms with Crippen LogP contribution in [0.4, 0.5) is 5.69 Å². The molecular formula is C26H25Cl2N3O3S. The molecule has 3 rings (SSSR count). The molecule has 1 N–H and O–H groups in total. The zero-order chi connectivity index (χ0) is 25.8. The lowest BCUT2D eigenvalue weighted by Gasteiger charge is -2.13. The first kappa shape index (κ1) is 26.7. The van der Waals surface area contributed by atoms with Gasteiger partial charge in [-0.1, -0.05) is 56.1 Å². The molecule has 0 unspecified atom stereocenters. The first-order valence-electron chi connectivity index (χ1n) is 11.0. The second kappa shape index (κ2) is 11.2. The van der Waals surface area contributed by atoms with E-state index in [-0.39, 0.29) is 22.8 Å². The molecule has 0 saturated carbocycles. The van der Waals surface area contributed by atoms with Crippen molar-refractivity contribution < 1.29 is 13.2 Å². The average Bonchev–Trinajstić information content (AvgIpc) is 2.82. The third-order valence-corrected chi connectivity index (χ3v) is 7.71. The topological polar surface area (TPSA) is 80.5 Å². The van der Waals surface area contributed by atoms with E-state index in [1.807, 2.05) is 12.1 Å². The molecular weight excluding hydrogens is 505 g/mol. The second-order valence-electron chi connectivity index (χ2n) is 8.44. The molecule has 0 aliphatic heterocycles. The van der Waals surface area contributed by atoms with Crippen LogP contribution in [0.1, 0.15) is 42.4 Å². The number of amides is 1. The number of benzene rings is 2. The highest BCUT2D eigenvalue weighted by Gasteiger charge is 2.17. The van der Waals surface area contributed by atoms with Crippen LogP contribution in [0.2, 0.25) is 10.0 Å². The standard InChI is InChI=1S/C26H25Cl2N3O3S/c1-5-35(33,34)21-9-8-20(30-15-21)14-31-26(32)19-11-22(27)25(23(28)12-19)18-7-6-17(10-16(2)3)24(13-18)29-4/h6-9,11-13,15-16H,5,10,14H2,1-3H3,(H,31,32). The lowest BCUT2D eigenvalue weighted by atomic mass is 9.96. The maximum absolute atomic E-state index is 12.7. The van der Waals surface area contributed by atoms with E-state index in [0.29, 0.717) is 38.5 Å². The second-order valence-corrected chi connectivity index (χ2v) is 11.5. The largest absolute Gasteiger partial charge is 0.346 e. The number of halogens is 2. The van der Waals surface area contributed by atoms with E-state index >= 15 is 0 Å². The van der Waals surface area contributed by atoms with E-state index < -0.39 is 15.7 Å². The normalized spacial score (nSPS) is 11.3. The minimum Gasteiger partial charge on any atom is -0.346 e. The van der Waals surface area contributed by atoms with E-state index in [4.69, 9.17) is 29.8 Å². The number of sulfone groups is 1. The summed E-state index contributed by atoms with van der Waals surface area (Å²) >= 11 is 13.0. The molecule has 1 aromatic heterocycles. The van der Waals surface area contributed by atoms with Crippen LogP contribution in [-0.2, 0) is 22.8 Å². The van der Waals surface area contributed by atoms with Crippen molar-refractivity contribution in [3.63, 3.8) is 0 Å². The zero-order valence-corrected chi connectivity index (χ0v) is 21.9. The van der Waals surface area contributed by atoms with Crippen molar-refractivity contribution in [3.8, 4) is 11.1 Å². The Bertz CT molecular complexity index is 1370. The minimum absolute atomic E-state index is 0.0104. The van der Waals surface area contributed by atoms with Gasteiger partial charge in [0.2, 0.25) is 0 Å². The van der Waals surface area contributed by atoms with Gasteiger partial charge in [0.25, 0.3) is 5.91 Å². The lowest BCUT2D eigenvalue weighted by molar-refractivity contribution is 0.0950. The molecule has 35 heavy (non-hydrogen) atoms. The third kappa shape index (κ3) is 6.40. The molecule has 0 saturated heterocycles. The number of aromatic nitrogens is 1. The number of hydrogen-bond donors (Lipinski definition) is 1. The van der Waals surface area contributed by atoms with Crippen LogP contribution >= 0.6 is 23.2 Å². The Kier molecular flexibility index (Phi) is 8.55. The third-order valence-electron chi connectivity index (χ3n) is 5.39. The van der Waals surface area contributed by atoms with Crippen LogP contribution in [0.3, 0.4) is 0 Å². The van der Waals surface area contributed by atoms with Gasteiger partial charge in [-0.25, -0.2) is 13.3 Å². The molecule has 0 spiro atoms. The Morgan fingerprint density at radius 2 is 1.80 bits per heavy atom. The number of carbonyl (C=O) groups is 1. The van der Waals surface area contributed by atoms with E-state index in [1.54, 1.807) is 19.1 Å². The number of rotatable bonds is 8. The average molecular weight is 530 g/mol. The molecule has 9 heteroatoms. The Balaban J connectivity index is 1.78. The predicted octanol–water partition coefficient (Wildman–Crippen LogP) is 6.53. The number of nitrogens with zero attached hydrogens (tertiary/aromatic N) is 2. The van der Waals surface area contributed by atoms with E-state index in [2.05, 4.69) is 29.0 Å². The minimum atomic E-state index is -3.33. The highest BCUT2D eigenvalue weighted by Crippen LogP contribution is 2.38. The van der Waals surface area contributed by atoms with Crippen LogP contribution < -0.4 is 5.32 Å². The molecule has 6 nitrogen and oxygen atoms in total. The van der Waals surface area contributed by atoms with Crippen LogP contribution in [0.25, 0.3) is 16.0 Å². The fourth-order valence-corrected chi connectivity index (χ4v) is 5.08. The summed E-state index contributed by atoms with van der Waals surface area (Å²) in [6.07, 6.45) is 2.08. The number of hydrogen-bond acceptors (Lipinski definition) is 4. The fourth-order valence-electron chi connectivity index (χ4n) is 3.55. The summed E-state index contributed by atoms with van der Waals surface area (Å²) in [6.45, 7) is 13.4. The summed E-state index contributed by atoms with van der Waals surface area (Å²) in [5.74, 6) is 0.00850. The van der Waals surface area contributed by atoms with Crippen molar-refractivity contribution in [2.24, 2.45) is 5.92 Å². The van der Waals surface area contributed by atoms with Gasteiger partial charge < -0.3 is 5.32 Å². The first-order chi connectivity index (χ1) is 16.6. The zero-order valence-electron chi connectivity index (χ0n) is 19.6. The molecule has 0 bridgehead atoms. The summed E-state index contributed by atoms with van der Waals surface area (Å²) in [6, 6.07) is 11.7. The van der Waals surface area contributed by atoms with Crippen molar-refractivity contribution in [2.75, 3.05) is 5.75 Å². The van der Waals surface area contributed by atoms with Crippen molar-refractivity contribution in [3.05, 3.63) is 86.9 Å². The van der Waals surface area contributed by atoms with Crippen LogP contribution in [0.5, 0.6) is 0 Å². The molecule has 182 valence electrons. The molecule has 0 aliphatic carbocycles. The van der Waals surface area contributed by atoms with Gasteiger partial charge in [-0.15, -0.1) is 0 Å². The van der Waals surface area contributed by atoms with Crippen molar-refractivity contribution >= 4 is 44.6 Å². The number of carbonyl (C=O) groups excluding carboxylic acids is 1. The SMILES string of the molecule is [C-]#[N+]c1cc(-c2c(Cl)cc(C(=O)NCc3ccc(S(=O)(=O)CC)cn3)cc2Cl)ccc1CC(C)C. The summed E-state index contributed by atoms with van der Waals surface area (Å²) < 4.78 is 23.8. The summed E-state index contributed by atoms with van der Waals surface area (Å²) in [4.78, 5) is 20.6. The molecule has 3 aromatic rings. The molecule has 1 heterocycles. The maximum Gasteiger partial charge on any atom is 0.251 e. The monoisotopic (exact) mass is 529 g/mol. The highest BCUT2D eigenvalue weighted by molar-refractivity contribution is 7.91. The molecule has 0 atom stereocenters. The maximum atomic E-state index is 12.7. The molecule has 0 aliphatic rings. The Labute approximate surface area is 216 Å². The fraction of sp³-hybridized carbons (Fsp3) is 0.269. The van der Waals surface area contributed by atoms with E-state index in [9.17, 15) is 13.2 Å². The highest BCUT2D eigenvalue weighted by atomic mass is 35.5. The van der Waals surface area contributed by atoms with Gasteiger partial charge in [-0.05, 0) is 53.8 Å². The van der Waals surface area contributed by atoms with E-state index in [1.165, 1.54) is 24.4 Å². The van der Waals surface area contributed by atoms with Gasteiger partial charge in [0.15, 0.2) is 15.5 Å². The van der Waals surface area contributed by atoms with Gasteiger partial charge in [0.1, 0.15) is 0 Å². The Morgan fingerprint density at radius 1 is 1.11 bits per heavy atom. The molecule has 0 fully saturated rings. The van der Waals surface area contributed by atoms with E-state index in [0.717, 1.165) is 12.0 Å². The van der Waals surface area contributed by atoms with Crippen LogP contribution in [0, 0.1) is 12.5 Å². The Morgan fingerprint density at radius 3 is 2.34 bits per heavy atom. The summed E-state index contributed by atoms with van der Waals surface area (Å²) in [5, 5.41) is 3.32. The van der Waals surface area contributed by atoms with Crippen LogP contribution in [0.15, 0.2) is 53.6 Å². The molecule has 1 amide bonds. The number of nitrogens with one attached hydrogen (secondary N) is 1. The van der Waals surface area contributed by atoms with Crippen molar-refractivity contribution in [1.82, 2.24) is 10.3 Å². The first-order valence-corrected chi connectivity index (χ1v) is 13.4. The van der Waals surface area contributed by atoms with Gasteiger partial charge in [-0.2, -0.15) is 0 Å². The van der Waals surface area contributed by atoms with Crippen molar-refractivity contribution in [1.29, 1.82) is 0 Å². The van der Waals surface area contributed by atoms with Crippen LogP contribution in [-0.4, -0.2) is 25.1 Å². The van der Waals surface area contributed by atoms with Gasteiger partial charge in [0.05, 0.1) is 39.5 Å². The summed E-state index contributed by atoms with van der Waals surface area (Å²) in [7, 11) is -3.33. The number of pyridine rings is 1. The quantitative estimate of drug-likeness (QED) is 0.336.